The predicted octanol–water partition coefficient (Wildman–Crippen LogP) is 3.49. The second-order valence-corrected chi connectivity index (χ2v) is 6.42. The maximum atomic E-state index is 10.8. The number of hydrogen-bond acceptors (Lipinski definition) is 4. The van der Waals surface area contributed by atoms with Crippen LogP contribution < -0.4 is 5.32 Å². The topological polar surface area (TPSA) is 62.2 Å². The van der Waals surface area contributed by atoms with Crippen molar-refractivity contribution in [2.24, 2.45) is 5.41 Å². The molecule has 0 aliphatic heterocycles. The average molecular weight is 277 g/mol. The molecular weight excluding hydrogens is 260 g/mol. The first-order valence-corrected chi connectivity index (χ1v) is 6.61. The van der Waals surface area contributed by atoms with Gasteiger partial charge in [0.2, 0.25) is 0 Å². The van der Waals surface area contributed by atoms with E-state index in [4.69, 9.17) is 16.7 Å². The third-order valence-corrected chi connectivity index (χ3v) is 3.18. The lowest BCUT2D eigenvalue weighted by Gasteiger charge is -2.25. The van der Waals surface area contributed by atoms with E-state index < -0.39 is 5.97 Å². The van der Waals surface area contributed by atoms with E-state index in [1.807, 2.05) is 0 Å². The monoisotopic (exact) mass is 276 g/mol. The summed E-state index contributed by atoms with van der Waals surface area (Å²) in [6.45, 7) is 6.25. The summed E-state index contributed by atoms with van der Waals surface area (Å²) in [5, 5.41) is 14.8. The van der Waals surface area contributed by atoms with E-state index in [0.717, 1.165) is 6.42 Å². The molecule has 1 unspecified atom stereocenters. The number of nitrogens with zero attached hydrogens (tertiary/aromatic N) is 1. The third-order valence-electron chi connectivity index (χ3n) is 2.08. The zero-order chi connectivity index (χ0) is 13.1. The molecule has 0 amide bonds. The van der Waals surface area contributed by atoms with E-state index in [2.05, 4.69) is 31.1 Å². The highest BCUT2D eigenvalue weighted by Gasteiger charge is 2.21. The van der Waals surface area contributed by atoms with Gasteiger partial charge in [0.1, 0.15) is 5.15 Å². The van der Waals surface area contributed by atoms with Gasteiger partial charge in [0.05, 0.1) is 6.42 Å². The molecular formula is C11H17ClN2O2S. The minimum absolute atomic E-state index is 0.0637. The summed E-state index contributed by atoms with van der Waals surface area (Å²) in [5.74, 6) is -0.811. The van der Waals surface area contributed by atoms with Gasteiger partial charge in [0.15, 0.2) is 5.13 Å². The predicted molar refractivity (Wildman–Crippen MR) is 70.9 cm³/mol. The smallest absolute Gasteiger partial charge is 0.305 e. The normalized spacial score (nSPS) is 13.4. The van der Waals surface area contributed by atoms with Gasteiger partial charge in [-0.1, -0.05) is 32.4 Å². The molecule has 0 saturated carbocycles. The molecule has 17 heavy (non-hydrogen) atoms. The molecule has 6 heteroatoms. The Morgan fingerprint density at radius 2 is 2.29 bits per heavy atom. The first kappa shape index (κ1) is 14.3. The lowest BCUT2D eigenvalue weighted by molar-refractivity contribution is -0.137. The quantitative estimate of drug-likeness (QED) is 0.864. The molecule has 0 spiro atoms. The molecule has 4 nitrogen and oxygen atoms in total. The summed E-state index contributed by atoms with van der Waals surface area (Å²) in [6, 6.07) is -0.130. The number of hydrogen-bond donors (Lipinski definition) is 2. The molecule has 0 saturated heterocycles. The number of carboxylic acid groups (broad SMARTS) is 1. The highest BCUT2D eigenvalue weighted by molar-refractivity contribution is 7.14. The van der Waals surface area contributed by atoms with Crippen molar-refractivity contribution in [3.8, 4) is 0 Å². The van der Waals surface area contributed by atoms with Crippen LogP contribution in [0.2, 0.25) is 5.15 Å². The van der Waals surface area contributed by atoms with Gasteiger partial charge in [-0.15, -0.1) is 11.3 Å². The van der Waals surface area contributed by atoms with Crippen molar-refractivity contribution in [1.82, 2.24) is 4.98 Å². The number of anilines is 1. The second kappa shape index (κ2) is 5.69. The molecule has 1 atom stereocenters. The third kappa shape index (κ3) is 5.89. The summed E-state index contributed by atoms with van der Waals surface area (Å²) in [6.07, 6.45) is 0.838. The van der Waals surface area contributed by atoms with E-state index in [0.29, 0.717) is 10.3 Å². The fraction of sp³-hybridized carbons (Fsp3) is 0.636. The van der Waals surface area contributed by atoms with Gasteiger partial charge < -0.3 is 10.4 Å². The number of nitrogens with one attached hydrogen (secondary N) is 1. The van der Waals surface area contributed by atoms with Crippen LogP contribution in [0.25, 0.3) is 0 Å². The van der Waals surface area contributed by atoms with E-state index >= 15 is 0 Å². The van der Waals surface area contributed by atoms with E-state index in [1.54, 1.807) is 5.38 Å². The van der Waals surface area contributed by atoms with Crippen LogP contribution >= 0.6 is 22.9 Å². The first-order chi connectivity index (χ1) is 7.76. The van der Waals surface area contributed by atoms with Crippen LogP contribution in [-0.2, 0) is 4.79 Å². The van der Waals surface area contributed by atoms with Gasteiger partial charge in [-0.3, -0.25) is 4.79 Å². The largest absolute Gasteiger partial charge is 0.481 e. The summed E-state index contributed by atoms with van der Waals surface area (Å²) in [7, 11) is 0. The van der Waals surface area contributed by atoms with E-state index in [9.17, 15) is 4.79 Å². The summed E-state index contributed by atoms with van der Waals surface area (Å²) in [4.78, 5) is 14.9. The number of rotatable bonds is 5. The fourth-order valence-electron chi connectivity index (χ4n) is 1.62. The molecule has 0 aliphatic carbocycles. The van der Waals surface area contributed by atoms with Gasteiger partial charge in [0.25, 0.3) is 0 Å². The molecule has 0 fully saturated rings. The molecule has 0 aliphatic rings. The zero-order valence-corrected chi connectivity index (χ0v) is 11.7. The number of aromatic nitrogens is 1. The van der Waals surface area contributed by atoms with Crippen LogP contribution in [0.4, 0.5) is 5.13 Å². The number of carbonyl (C=O) groups is 1. The van der Waals surface area contributed by atoms with E-state index in [1.165, 1.54) is 11.3 Å². The number of thiazole rings is 1. The molecule has 2 N–H and O–H groups in total. The Labute approximate surface area is 110 Å². The van der Waals surface area contributed by atoms with Crippen LogP contribution in [-0.4, -0.2) is 22.1 Å². The van der Waals surface area contributed by atoms with Crippen molar-refractivity contribution < 1.29 is 9.90 Å². The Morgan fingerprint density at radius 3 is 2.71 bits per heavy atom. The minimum atomic E-state index is -0.811. The average Bonchev–Trinajstić information content (AvgIpc) is 2.46. The van der Waals surface area contributed by atoms with Crippen molar-refractivity contribution in [2.45, 2.75) is 39.7 Å². The SMILES string of the molecule is CC(C)(C)CC(CC(=O)O)Nc1nc(Cl)cs1. The highest BCUT2D eigenvalue weighted by atomic mass is 35.5. The number of halogens is 1. The van der Waals surface area contributed by atoms with Gasteiger partial charge in [-0.2, -0.15) is 0 Å². The summed E-state index contributed by atoms with van der Waals surface area (Å²) in [5.41, 5.74) is 0.0637. The standard InChI is InChI=1S/C11H17ClN2O2S/c1-11(2,3)5-7(4-9(15)16)13-10-14-8(12)6-17-10/h6-7H,4-5H2,1-3H3,(H,13,14)(H,15,16). The van der Waals surface area contributed by atoms with Crippen LogP contribution in [0.1, 0.15) is 33.6 Å². The summed E-state index contributed by atoms with van der Waals surface area (Å²) < 4.78 is 0. The maximum Gasteiger partial charge on any atom is 0.305 e. The molecule has 1 aromatic heterocycles. The van der Waals surface area contributed by atoms with Crippen LogP contribution in [0, 0.1) is 5.41 Å². The summed E-state index contributed by atoms with van der Waals surface area (Å²) >= 11 is 7.11. The molecule has 1 aromatic rings. The van der Waals surface area contributed by atoms with E-state index in [-0.39, 0.29) is 17.9 Å². The lowest BCUT2D eigenvalue weighted by Crippen LogP contribution is -2.28. The van der Waals surface area contributed by atoms with Crippen LogP contribution in [0.5, 0.6) is 0 Å². The molecule has 0 radical (unpaired) electrons. The number of carboxylic acids is 1. The Balaban J connectivity index is 2.66. The van der Waals surface area contributed by atoms with Crippen LogP contribution in [0.3, 0.4) is 0 Å². The molecule has 1 heterocycles. The van der Waals surface area contributed by atoms with Crippen molar-refractivity contribution in [1.29, 1.82) is 0 Å². The van der Waals surface area contributed by atoms with Gasteiger partial charge >= 0.3 is 5.97 Å². The fourth-order valence-corrected chi connectivity index (χ4v) is 2.53. The Morgan fingerprint density at radius 1 is 1.65 bits per heavy atom. The van der Waals surface area contributed by atoms with Crippen molar-refractivity contribution in [2.75, 3.05) is 5.32 Å². The lowest BCUT2D eigenvalue weighted by atomic mass is 9.87. The second-order valence-electron chi connectivity index (χ2n) is 5.18. The Kier molecular flexibility index (Phi) is 4.77. The van der Waals surface area contributed by atoms with Gasteiger partial charge in [-0.25, -0.2) is 4.98 Å². The van der Waals surface area contributed by atoms with Gasteiger partial charge in [-0.05, 0) is 11.8 Å². The van der Waals surface area contributed by atoms with Crippen molar-refractivity contribution in [3.63, 3.8) is 0 Å². The molecule has 1 rings (SSSR count). The minimum Gasteiger partial charge on any atom is -0.481 e. The number of aliphatic carboxylic acids is 1. The van der Waals surface area contributed by atoms with Crippen molar-refractivity contribution >= 4 is 34.0 Å². The Hall–Kier alpha value is -0.810. The molecule has 0 aromatic carbocycles. The Bertz CT molecular complexity index is 387. The van der Waals surface area contributed by atoms with Crippen LogP contribution in [0.15, 0.2) is 5.38 Å². The molecule has 0 bridgehead atoms. The first-order valence-electron chi connectivity index (χ1n) is 5.35. The van der Waals surface area contributed by atoms with Crippen molar-refractivity contribution in [3.05, 3.63) is 10.5 Å². The highest BCUT2D eigenvalue weighted by Crippen LogP contribution is 2.26. The van der Waals surface area contributed by atoms with Gasteiger partial charge in [0, 0.05) is 11.4 Å². The zero-order valence-electron chi connectivity index (χ0n) is 10.2. The maximum absolute atomic E-state index is 10.8. The molecule has 96 valence electrons.